The molecule has 5 rings (SSSR count). The Hall–Kier alpha value is -4.22. The molecular formula is C41H53N3O7. The number of carbonyl (C=O) groups excluding carboxylic acids is 2. The van der Waals surface area contributed by atoms with Crippen LogP contribution in [0.1, 0.15) is 61.9 Å². The number of aliphatic hydroxyl groups excluding tert-OH is 2. The van der Waals surface area contributed by atoms with Gasteiger partial charge < -0.3 is 35.1 Å². The molecule has 5 atom stereocenters. The lowest BCUT2D eigenvalue weighted by molar-refractivity contribution is -0.127. The summed E-state index contributed by atoms with van der Waals surface area (Å²) in [6, 6.07) is 23.8. The first-order valence-corrected chi connectivity index (χ1v) is 18.0. The number of alkyl carbamates (subject to hydrolysis) is 1. The molecule has 10 nitrogen and oxygen atoms in total. The van der Waals surface area contributed by atoms with Crippen LogP contribution in [0.2, 0.25) is 0 Å². The van der Waals surface area contributed by atoms with E-state index in [0.717, 1.165) is 60.9 Å². The number of benzene rings is 3. The zero-order valence-electron chi connectivity index (χ0n) is 30.0. The average Bonchev–Trinajstić information content (AvgIpc) is 3.42. The van der Waals surface area contributed by atoms with Crippen molar-refractivity contribution in [1.82, 2.24) is 15.5 Å². The molecule has 1 heterocycles. The molecule has 0 spiro atoms. The Balaban J connectivity index is 1.27. The summed E-state index contributed by atoms with van der Waals surface area (Å²) in [6.07, 6.45) is 2.63. The fourth-order valence-electron chi connectivity index (χ4n) is 6.56. The Morgan fingerprint density at radius 1 is 1.00 bits per heavy atom. The van der Waals surface area contributed by atoms with E-state index in [0.29, 0.717) is 25.9 Å². The number of carbonyl (C=O) groups is 2. The van der Waals surface area contributed by atoms with Crippen LogP contribution in [0.25, 0.3) is 6.08 Å². The van der Waals surface area contributed by atoms with E-state index >= 15 is 0 Å². The summed E-state index contributed by atoms with van der Waals surface area (Å²) in [5.41, 5.74) is 3.06. The third-order valence-corrected chi connectivity index (χ3v) is 9.25. The van der Waals surface area contributed by atoms with Crippen molar-refractivity contribution in [3.8, 4) is 5.75 Å². The first-order valence-electron chi connectivity index (χ1n) is 18.0. The molecule has 1 fully saturated rings. The van der Waals surface area contributed by atoms with E-state index in [9.17, 15) is 19.8 Å². The molecule has 10 heteroatoms. The Morgan fingerprint density at radius 2 is 1.71 bits per heavy atom. The van der Waals surface area contributed by atoms with Gasteiger partial charge >= 0.3 is 6.09 Å². The third-order valence-electron chi connectivity index (χ3n) is 9.25. The van der Waals surface area contributed by atoms with Crippen LogP contribution < -0.4 is 15.4 Å². The number of rotatable bonds is 15. The highest BCUT2D eigenvalue weighted by Crippen LogP contribution is 2.32. The molecule has 274 valence electrons. The maximum absolute atomic E-state index is 14.0. The number of hydrogen-bond acceptors (Lipinski definition) is 8. The lowest BCUT2D eigenvalue weighted by atomic mass is 9.90. The fraction of sp³-hybridized carbons (Fsp3) is 0.463. The quantitative estimate of drug-likeness (QED) is 0.173. The molecule has 0 radical (unpaired) electrons. The van der Waals surface area contributed by atoms with E-state index in [4.69, 9.17) is 14.2 Å². The summed E-state index contributed by atoms with van der Waals surface area (Å²) in [5, 5.41) is 28.5. The van der Waals surface area contributed by atoms with E-state index < -0.39 is 41.9 Å². The molecule has 0 saturated carbocycles. The summed E-state index contributed by atoms with van der Waals surface area (Å²) in [4.78, 5) is 29.2. The Morgan fingerprint density at radius 3 is 2.43 bits per heavy atom. The van der Waals surface area contributed by atoms with Crippen LogP contribution >= 0.6 is 0 Å². The predicted octanol–water partition coefficient (Wildman–Crippen LogP) is 5.08. The lowest BCUT2D eigenvalue weighted by Crippen LogP contribution is -2.48. The topological polar surface area (TPSA) is 130 Å². The normalized spacial score (nSPS) is 19.5. The van der Waals surface area contributed by atoms with Gasteiger partial charge in [0.15, 0.2) is 0 Å². The number of aliphatic hydroxyl groups is 2. The van der Waals surface area contributed by atoms with E-state index in [1.807, 2.05) is 91.0 Å². The van der Waals surface area contributed by atoms with Gasteiger partial charge in [0.1, 0.15) is 18.0 Å². The van der Waals surface area contributed by atoms with Gasteiger partial charge in [-0.2, -0.15) is 0 Å². The molecule has 1 unspecified atom stereocenters. The third kappa shape index (κ3) is 11.9. The first kappa shape index (κ1) is 38.0. The summed E-state index contributed by atoms with van der Waals surface area (Å²) in [5.74, 6) is -0.143. The SMILES string of the molecule is CC(C)(C)OC(=O)N[C@@H](Cc1ccccc1)[C@@H](O)C[C@@H](C/C=C\c1ccc(OCCN2CCOCC2)cc1)C(=O)NC1c2ccccc2C[C@H]1O. The van der Waals surface area contributed by atoms with Crippen LogP contribution in [-0.2, 0) is 27.1 Å². The number of nitrogens with zero attached hydrogens (tertiary/aromatic N) is 1. The summed E-state index contributed by atoms with van der Waals surface area (Å²) in [7, 11) is 0. The standard InChI is InChI=1S/C41H53N3O7/c1-41(2,3)51-40(48)42-35(26-30-10-5-4-6-11-30)36(45)28-32(39(47)43-38-34-15-8-7-13-31(34)27-37(38)46)14-9-12-29-16-18-33(19-17-29)50-25-22-44-20-23-49-24-21-44/h4-13,15-19,32,35-38,45-46H,14,20-28H2,1-3H3,(H,42,48)(H,43,47)/b12-9-/t32-,35+,36+,37-,38?/m1/s1. The molecule has 1 aliphatic carbocycles. The van der Waals surface area contributed by atoms with Crippen LogP contribution in [-0.4, -0.2) is 90.4 Å². The minimum atomic E-state index is -1.07. The van der Waals surface area contributed by atoms with Gasteiger partial charge in [0, 0.05) is 32.0 Å². The number of morpholine rings is 1. The molecule has 51 heavy (non-hydrogen) atoms. The van der Waals surface area contributed by atoms with Gasteiger partial charge in [-0.3, -0.25) is 9.69 Å². The monoisotopic (exact) mass is 699 g/mol. The van der Waals surface area contributed by atoms with Gasteiger partial charge in [-0.1, -0.05) is 78.9 Å². The van der Waals surface area contributed by atoms with E-state index in [1.165, 1.54) is 0 Å². The van der Waals surface area contributed by atoms with Gasteiger partial charge in [0.05, 0.1) is 37.5 Å². The zero-order valence-corrected chi connectivity index (χ0v) is 30.0. The highest BCUT2D eigenvalue weighted by atomic mass is 16.6. The highest BCUT2D eigenvalue weighted by Gasteiger charge is 2.35. The second-order valence-corrected chi connectivity index (χ2v) is 14.4. The smallest absolute Gasteiger partial charge is 0.407 e. The fourth-order valence-corrected chi connectivity index (χ4v) is 6.56. The number of hydrogen-bond donors (Lipinski definition) is 4. The second kappa shape index (κ2) is 18.3. The lowest BCUT2D eigenvalue weighted by Gasteiger charge is -2.29. The van der Waals surface area contributed by atoms with Crippen molar-refractivity contribution in [1.29, 1.82) is 0 Å². The van der Waals surface area contributed by atoms with Crippen molar-refractivity contribution in [2.24, 2.45) is 5.92 Å². The van der Waals surface area contributed by atoms with Gasteiger partial charge in [-0.15, -0.1) is 0 Å². The number of ether oxygens (including phenoxy) is 3. The van der Waals surface area contributed by atoms with Crippen molar-refractivity contribution in [2.75, 3.05) is 39.5 Å². The molecule has 1 aliphatic heterocycles. The van der Waals surface area contributed by atoms with E-state index in [1.54, 1.807) is 20.8 Å². The number of allylic oxidation sites excluding steroid dienone is 1. The summed E-state index contributed by atoms with van der Waals surface area (Å²) >= 11 is 0. The van der Waals surface area contributed by atoms with Crippen LogP contribution in [0.5, 0.6) is 5.75 Å². The summed E-state index contributed by atoms with van der Waals surface area (Å²) in [6.45, 7) is 10.2. The second-order valence-electron chi connectivity index (χ2n) is 14.4. The predicted molar refractivity (Wildman–Crippen MR) is 197 cm³/mol. The van der Waals surface area contributed by atoms with Crippen molar-refractivity contribution >= 4 is 18.1 Å². The first-order chi connectivity index (χ1) is 24.5. The van der Waals surface area contributed by atoms with E-state index in [2.05, 4.69) is 15.5 Å². The van der Waals surface area contributed by atoms with Crippen molar-refractivity contribution in [3.63, 3.8) is 0 Å². The molecular weight excluding hydrogens is 646 g/mol. The molecule has 1 saturated heterocycles. The Kier molecular flexibility index (Phi) is 13.7. The number of nitrogens with one attached hydrogen (secondary N) is 2. The van der Waals surface area contributed by atoms with Crippen molar-refractivity contribution < 1.29 is 34.0 Å². The molecule has 3 aromatic rings. The van der Waals surface area contributed by atoms with Crippen LogP contribution in [0.15, 0.2) is 84.9 Å². The molecule has 0 bridgehead atoms. The van der Waals surface area contributed by atoms with Crippen molar-refractivity contribution in [2.45, 2.75) is 76.3 Å². The molecule has 3 aromatic carbocycles. The Bertz CT molecular complexity index is 1570. The largest absolute Gasteiger partial charge is 0.492 e. The van der Waals surface area contributed by atoms with E-state index in [-0.39, 0.29) is 12.3 Å². The highest BCUT2D eigenvalue weighted by molar-refractivity contribution is 5.80. The van der Waals surface area contributed by atoms with Crippen LogP contribution in [0, 0.1) is 5.92 Å². The maximum Gasteiger partial charge on any atom is 0.407 e. The maximum atomic E-state index is 14.0. The molecule has 2 aliphatic rings. The van der Waals surface area contributed by atoms with Gasteiger partial charge in [-0.05, 0) is 74.4 Å². The summed E-state index contributed by atoms with van der Waals surface area (Å²) < 4.78 is 16.9. The van der Waals surface area contributed by atoms with Crippen molar-refractivity contribution in [3.05, 3.63) is 107 Å². The van der Waals surface area contributed by atoms with Crippen LogP contribution in [0.3, 0.4) is 0 Å². The average molecular weight is 700 g/mol. The minimum Gasteiger partial charge on any atom is -0.492 e. The molecule has 4 N–H and O–H groups in total. The van der Waals surface area contributed by atoms with Gasteiger partial charge in [0.25, 0.3) is 0 Å². The number of fused-ring (bicyclic) bond motifs is 1. The molecule has 0 aromatic heterocycles. The zero-order chi connectivity index (χ0) is 36.2. The number of amides is 2. The minimum absolute atomic E-state index is 0.0733. The molecule has 2 amide bonds. The van der Waals surface area contributed by atoms with Crippen LogP contribution in [0.4, 0.5) is 4.79 Å². The Labute approximate surface area is 301 Å². The van der Waals surface area contributed by atoms with Gasteiger partial charge in [0.2, 0.25) is 5.91 Å². The van der Waals surface area contributed by atoms with Gasteiger partial charge in [-0.25, -0.2) is 4.79 Å².